The fourth-order valence-corrected chi connectivity index (χ4v) is 6.62. The highest BCUT2D eigenvalue weighted by molar-refractivity contribution is 6.24. The lowest BCUT2D eigenvalue weighted by atomic mass is 10.0. The van der Waals surface area contributed by atoms with Gasteiger partial charge in [-0.15, -0.1) is 0 Å². The van der Waals surface area contributed by atoms with Gasteiger partial charge in [0, 0.05) is 27.4 Å². The first-order valence-corrected chi connectivity index (χ1v) is 14.9. The molecule has 0 spiro atoms. The Bertz CT molecular complexity index is 2410. The molecule has 9 rings (SSSR count). The van der Waals surface area contributed by atoms with Crippen LogP contribution >= 0.6 is 0 Å². The van der Waals surface area contributed by atoms with E-state index in [4.69, 9.17) is 9.41 Å². The summed E-state index contributed by atoms with van der Waals surface area (Å²) < 4.78 is 8.70. The number of aliphatic imine (C=N–C) groups is 1. The van der Waals surface area contributed by atoms with E-state index in [0.717, 1.165) is 61.3 Å². The van der Waals surface area contributed by atoms with E-state index in [1.165, 1.54) is 16.3 Å². The number of fused-ring (bicyclic) bond motifs is 7. The molecule has 0 saturated carbocycles. The predicted molar refractivity (Wildman–Crippen MR) is 181 cm³/mol. The average molecular weight is 566 g/mol. The van der Waals surface area contributed by atoms with Crippen molar-refractivity contribution in [1.82, 2.24) is 9.88 Å². The van der Waals surface area contributed by atoms with Crippen LogP contribution < -0.4 is 5.32 Å². The topological polar surface area (TPSA) is 42.5 Å². The van der Waals surface area contributed by atoms with Crippen LogP contribution in [0.3, 0.4) is 0 Å². The second kappa shape index (κ2) is 9.85. The van der Waals surface area contributed by atoms with Crippen LogP contribution in [0.15, 0.2) is 161 Å². The minimum Gasteiger partial charge on any atom is -0.456 e. The van der Waals surface area contributed by atoms with Crippen LogP contribution in [0, 0.1) is 0 Å². The molecule has 1 atom stereocenters. The molecule has 4 heteroatoms. The molecule has 6 aromatic carbocycles. The zero-order valence-electron chi connectivity index (χ0n) is 23.8. The first-order chi connectivity index (χ1) is 21.8. The highest BCUT2D eigenvalue weighted by atomic mass is 16.3. The molecule has 208 valence electrons. The largest absolute Gasteiger partial charge is 0.456 e. The molecule has 0 amide bonds. The van der Waals surface area contributed by atoms with Gasteiger partial charge in [-0.2, -0.15) is 0 Å². The van der Waals surface area contributed by atoms with Crippen molar-refractivity contribution in [3.05, 3.63) is 168 Å². The third kappa shape index (κ3) is 3.89. The third-order valence-electron chi connectivity index (χ3n) is 8.63. The van der Waals surface area contributed by atoms with Crippen molar-refractivity contribution in [2.75, 3.05) is 0 Å². The van der Waals surface area contributed by atoms with E-state index in [1.54, 1.807) is 0 Å². The van der Waals surface area contributed by atoms with Crippen molar-refractivity contribution in [2.24, 2.45) is 4.99 Å². The molecule has 1 aliphatic rings. The van der Waals surface area contributed by atoms with Gasteiger partial charge in [0.25, 0.3) is 0 Å². The Balaban J connectivity index is 1.26. The van der Waals surface area contributed by atoms with Crippen molar-refractivity contribution in [2.45, 2.75) is 6.04 Å². The second-order valence-electron chi connectivity index (χ2n) is 11.2. The summed E-state index contributed by atoms with van der Waals surface area (Å²) in [7, 11) is 0. The fourth-order valence-electron chi connectivity index (χ4n) is 6.62. The number of hydrogen-bond acceptors (Lipinski definition) is 3. The molecule has 1 aliphatic heterocycles. The Morgan fingerprint density at radius 2 is 1.32 bits per heavy atom. The maximum Gasteiger partial charge on any atom is 0.137 e. The number of benzene rings is 6. The zero-order valence-corrected chi connectivity index (χ0v) is 23.8. The number of amidine groups is 1. The highest BCUT2D eigenvalue weighted by Crippen LogP contribution is 2.41. The van der Waals surface area contributed by atoms with Crippen molar-refractivity contribution in [1.29, 1.82) is 0 Å². The lowest BCUT2D eigenvalue weighted by Gasteiger charge is -2.25. The number of aromatic nitrogens is 1. The van der Waals surface area contributed by atoms with Crippen molar-refractivity contribution in [3.63, 3.8) is 0 Å². The maximum atomic E-state index is 6.33. The van der Waals surface area contributed by atoms with Gasteiger partial charge < -0.3 is 14.3 Å². The highest BCUT2D eigenvalue weighted by Gasteiger charge is 2.22. The van der Waals surface area contributed by atoms with Crippen LogP contribution in [0.1, 0.15) is 22.7 Å². The molecule has 0 bridgehead atoms. The molecular formula is C40H27N3O. The van der Waals surface area contributed by atoms with E-state index in [1.807, 2.05) is 18.2 Å². The maximum absolute atomic E-state index is 6.33. The van der Waals surface area contributed by atoms with Gasteiger partial charge in [-0.3, -0.25) is 0 Å². The summed E-state index contributed by atoms with van der Waals surface area (Å²) in [6, 6.07) is 50.9. The number of nitrogens with zero attached hydrogens (tertiary/aromatic N) is 2. The summed E-state index contributed by atoms with van der Waals surface area (Å²) in [6.07, 6.45) is 2.21. The van der Waals surface area contributed by atoms with Crippen LogP contribution in [0.4, 0.5) is 0 Å². The fraction of sp³-hybridized carbons (Fsp3) is 0.0250. The Morgan fingerprint density at radius 1 is 0.591 bits per heavy atom. The van der Waals surface area contributed by atoms with Gasteiger partial charge in [-0.25, -0.2) is 4.99 Å². The van der Waals surface area contributed by atoms with Gasteiger partial charge in [0.15, 0.2) is 0 Å². The number of nitrogens with one attached hydrogen (secondary N) is 1. The molecule has 0 aliphatic carbocycles. The third-order valence-corrected chi connectivity index (χ3v) is 8.63. The number of hydrogen-bond donors (Lipinski definition) is 1. The number of para-hydroxylation sites is 2. The molecule has 8 aromatic rings. The molecule has 4 nitrogen and oxygen atoms in total. The lowest BCUT2D eigenvalue weighted by molar-refractivity contribution is 0.669. The van der Waals surface area contributed by atoms with E-state index in [0.29, 0.717) is 0 Å². The summed E-state index contributed by atoms with van der Waals surface area (Å²) in [6.45, 7) is 0. The molecule has 0 saturated heterocycles. The Kier molecular flexibility index (Phi) is 5.53. The summed E-state index contributed by atoms with van der Waals surface area (Å²) in [5.74, 6) is 0.849. The van der Waals surface area contributed by atoms with Crippen LogP contribution in [0.5, 0.6) is 0 Å². The standard InChI is InChI=1S/C40H27N3O/c1-3-12-26(13-4-1)33-25-34(27-14-5-2-6-15-27)42-40(41-33)28-16-11-17-29(24-28)43-35-20-9-7-18-30(35)31-22-23-37-38(39(31)43)32-19-8-10-21-36(32)44-37/h1-25,33H,(H,41,42). The van der Waals surface area contributed by atoms with Gasteiger partial charge >= 0.3 is 0 Å². The summed E-state index contributed by atoms with van der Waals surface area (Å²) in [4.78, 5) is 5.17. The number of rotatable bonds is 4. The molecular weight excluding hydrogens is 538 g/mol. The Labute approximate surface area is 254 Å². The van der Waals surface area contributed by atoms with Crippen molar-refractivity contribution >= 4 is 55.3 Å². The van der Waals surface area contributed by atoms with Gasteiger partial charge in [0.1, 0.15) is 17.0 Å². The van der Waals surface area contributed by atoms with Crippen molar-refractivity contribution < 1.29 is 4.42 Å². The van der Waals surface area contributed by atoms with Crippen LogP contribution in [0.25, 0.3) is 55.1 Å². The van der Waals surface area contributed by atoms with Crippen molar-refractivity contribution in [3.8, 4) is 5.69 Å². The summed E-state index contributed by atoms with van der Waals surface area (Å²) in [5, 5.41) is 8.40. The monoisotopic (exact) mass is 565 g/mol. The molecule has 2 aromatic heterocycles. The van der Waals surface area contributed by atoms with Gasteiger partial charge in [-0.1, -0.05) is 109 Å². The van der Waals surface area contributed by atoms with Gasteiger partial charge in [0.2, 0.25) is 0 Å². The molecule has 3 heterocycles. The first kappa shape index (κ1) is 24.7. The molecule has 0 radical (unpaired) electrons. The zero-order chi connectivity index (χ0) is 29.0. The second-order valence-corrected chi connectivity index (χ2v) is 11.2. The van der Waals surface area contributed by atoms with E-state index >= 15 is 0 Å². The molecule has 1 unspecified atom stereocenters. The SMILES string of the molecule is C1=C(c2ccccc2)N=C(c2cccc(-n3c4ccccc4c4ccc5oc6ccccc6c5c43)c2)NC1c1ccccc1. The summed E-state index contributed by atoms with van der Waals surface area (Å²) >= 11 is 0. The van der Waals surface area contributed by atoms with E-state index in [2.05, 4.69) is 143 Å². The first-order valence-electron chi connectivity index (χ1n) is 14.9. The van der Waals surface area contributed by atoms with Gasteiger partial charge in [0.05, 0.1) is 28.2 Å². The smallest absolute Gasteiger partial charge is 0.137 e. The Hall–Kier alpha value is -5.87. The quantitative estimate of drug-likeness (QED) is 0.231. The summed E-state index contributed by atoms with van der Waals surface area (Å²) in [5.41, 5.74) is 9.44. The molecule has 1 N–H and O–H groups in total. The minimum atomic E-state index is -0.00674. The van der Waals surface area contributed by atoms with E-state index in [9.17, 15) is 0 Å². The van der Waals surface area contributed by atoms with Crippen LogP contribution in [0.2, 0.25) is 0 Å². The Morgan fingerprint density at radius 3 is 2.18 bits per heavy atom. The van der Waals surface area contributed by atoms with Crippen LogP contribution in [-0.4, -0.2) is 10.4 Å². The minimum absolute atomic E-state index is 0.00674. The molecule has 44 heavy (non-hydrogen) atoms. The van der Waals surface area contributed by atoms with Crippen LogP contribution in [-0.2, 0) is 0 Å². The predicted octanol–water partition coefficient (Wildman–Crippen LogP) is 9.82. The number of furan rings is 1. The lowest BCUT2D eigenvalue weighted by Crippen LogP contribution is -2.31. The normalized spacial score (nSPS) is 15.0. The van der Waals surface area contributed by atoms with E-state index in [-0.39, 0.29) is 6.04 Å². The van der Waals surface area contributed by atoms with E-state index < -0.39 is 0 Å². The van der Waals surface area contributed by atoms with Gasteiger partial charge in [-0.05, 0) is 53.6 Å². The molecule has 0 fully saturated rings. The average Bonchev–Trinajstić information content (AvgIpc) is 3.65.